The highest BCUT2D eigenvalue weighted by Gasteiger charge is 2.40. The van der Waals surface area contributed by atoms with Crippen LogP contribution in [0.1, 0.15) is 34.6 Å². The van der Waals surface area contributed by atoms with Crippen LogP contribution < -0.4 is 4.90 Å². The second-order valence-corrected chi connectivity index (χ2v) is 7.17. The van der Waals surface area contributed by atoms with Crippen LogP contribution in [0.5, 0.6) is 0 Å². The van der Waals surface area contributed by atoms with Gasteiger partial charge >= 0.3 is 0 Å². The molecule has 8 nitrogen and oxygen atoms in total. The Morgan fingerprint density at radius 2 is 2.07 bits per heavy atom. The largest absolute Gasteiger partial charge is 0.423 e. The summed E-state index contributed by atoms with van der Waals surface area (Å²) in [6.45, 7) is 2.21. The summed E-state index contributed by atoms with van der Waals surface area (Å²) in [5, 5.41) is 8.89. The molecular weight excluding hydrogens is 358 g/mol. The van der Waals surface area contributed by atoms with E-state index in [1.54, 1.807) is 18.9 Å². The SMILES string of the molecule is CO[C@@H]1C[C@H](c2nnc(C)o2)N(C(=O)c2cc(N(C)C)nc3ccccc23)C1. The van der Waals surface area contributed by atoms with E-state index in [-0.39, 0.29) is 18.1 Å². The summed E-state index contributed by atoms with van der Waals surface area (Å²) in [5.74, 6) is 1.56. The predicted octanol–water partition coefficient (Wildman–Crippen LogP) is 2.59. The average molecular weight is 381 g/mol. The van der Waals surface area contributed by atoms with E-state index >= 15 is 0 Å². The van der Waals surface area contributed by atoms with Crippen molar-refractivity contribution in [3.8, 4) is 0 Å². The fourth-order valence-corrected chi connectivity index (χ4v) is 3.60. The molecular formula is C20H23N5O3. The lowest BCUT2D eigenvalue weighted by atomic mass is 10.1. The maximum Gasteiger partial charge on any atom is 0.255 e. The van der Waals surface area contributed by atoms with Crippen molar-refractivity contribution in [3.05, 3.63) is 47.7 Å². The number of hydrogen-bond donors (Lipinski definition) is 0. The third kappa shape index (κ3) is 3.20. The molecule has 2 atom stereocenters. The highest BCUT2D eigenvalue weighted by Crippen LogP contribution is 2.35. The summed E-state index contributed by atoms with van der Waals surface area (Å²) in [4.78, 5) is 21.9. The highest BCUT2D eigenvalue weighted by molar-refractivity contribution is 6.07. The number of hydrogen-bond acceptors (Lipinski definition) is 7. The van der Waals surface area contributed by atoms with Crippen molar-refractivity contribution in [2.75, 3.05) is 32.6 Å². The fourth-order valence-electron chi connectivity index (χ4n) is 3.60. The Kier molecular flexibility index (Phi) is 4.72. The summed E-state index contributed by atoms with van der Waals surface area (Å²) < 4.78 is 11.2. The minimum atomic E-state index is -0.312. The Bertz CT molecular complexity index is 1020. The molecule has 8 heteroatoms. The van der Waals surface area contributed by atoms with Crippen molar-refractivity contribution >= 4 is 22.6 Å². The standard InChI is InChI=1S/C20H23N5O3/c1-12-22-23-19(28-12)17-9-13(27-4)11-25(17)20(26)15-10-18(24(2)3)21-16-8-6-5-7-14(15)16/h5-8,10,13,17H,9,11H2,1-4H3/t13-,17-/m1/s1. The normalized spacial score (nSPS) is 19.4. The third-order valence-corrected chi connectivity index (χ3v) is 5.07. The van der Waals surface area contributed by atoms with Gasteiger partial charge in [-0.15, -0.1) is 10.2 Å². The van der Waals surface area contributed by atoms with Crippen LogP contribution >= 0.6 is 0 Å². The zero-order valence-electron chi connectivity index (χ0n) is 16.4. The molecule has 0 N–H and O–H groups in total. The smallest absolute Gasteiger partial charge is 0.255 e. The molecule has 0 spiro atoms. The van der Waals surface area contributed by atoms with Crippen molar-refractivity contribution in [2.45, 2.75) is 25.5 Å². The minimum absolute atomic E-state index is 0.0809. The van der Waals surface area contributed by atoms with Gasteiger partial charge in [0, 0.05) is 46.5 Å². The first-order valence-electron chi connectivity index (χ1n) is 9.18. The number of carbonyl (C=O) groups is 1. The molecule has 0 unspecified atom stereocenters. The Morgan fingerprint density at radius 1 is 1.29 bits per heavy atom. The molecule has 1 fully saturated rings. The van der Waals surface area contributed by atoms with E-state index in [0.717, 1.165) is 16.7 Å². The molecule has 28 heavy (non-hydrogen) atoms. The molecule has 3 aromatic rings. The van der Waals surface area contributed by atoms with E-state index in [1.165, 1.54) is 0 Å². The van der Waals surface area contributed by atoms with Gasteiger partial charge in [0.2, 0.25) is 11.8 Å². The van der Waals surface area contributed by atoms with E-state index in [0.29, 0.717) is 30.3 Å². The van der Waals surface area contributed by atoms with E-state index in [2.05, 4.69) is 15.2 Å². The molecule has 0 aliphatic carbocycles. The molecule has 1 aliphatic heterocycles. The minimum Gasteiger partial charge on any atom is -0.423 e. The molecule has 146 valence electrons. The van der Waals surface area contributed by atoms with E-state index in [9.17, 15) is 4.79 Å². The van der Waals surface area contributed by atoms with Gasteiger partial charge in [-0.2, -0.15) is 0 Å². The van der Waals surface area contributed by atoms with Crippen LogP contribution in [-0.2, 0) is 4.74 Å². The number of anilines is 1. The average Bonchev–Trinajstić information content (AvgIpc) is 3.32. The van der Waals surface area contributed by atoms with Crippen LogP contribution in [-0.4, -0.2) is 59.8 Å². The van der Waals surface area contributed by atoms with Crippen molar-refractivity contribution in [1.29, 1.82) is 0 Å². The van der Waals surface area contributed by atoms with Crippen LogP contribution in [0, 0.1) is 6.92 Å². The number of carbonyl (C=O) groups excluding carboxylic acids is 1. The predicted molar refractivity (Wildman–Crippen MR) is 104 cm³/mol. The van der Waals surface area contributed by atoms with Crippen molar-refractivity contribution in [3.63, 3.8) is 0 Å². The maximum atomic E-state index is 13.6. The molecule has 0 saturated carbocycles. The molecule has 0 radical (unpaired) electrons. The van der Waals surface area contributed by atoms with Gasteiger partial charge in [-0.3, -0.25) is 4.79 Å². The number of nitrogens with zero attached hydrogens (tertiary/aromatic N) is 5. The van der Waals surface area contributed by atoms with Gasteiger partial charge in [0.05, 0.1) is 17.2 Å². The number of methoxy groups -OCH3 is 1. The summed E-state index contributed by atoms with van der Waals surface area (Å²) in [7, 11) is 5.47. The number of ether oxygens (including phenoxy) is 1. The Balaban J connectivity index is 1.79. The molecule has 2 aromatic heterocycles. The van der Waals surface area contributed by atoms with Gasteiger partial charge < -0.3 is 19.0 Å². The lowest BCUT2D eigenvalue weighted by molar-refractivity contribution is 0.0676. The second-order valence-electron chi connectivity index (χ2n) is 7.17. The molecule has 1 amide bonds. The molecule has 1 aliphatic rings. The van der Waals surface area contributed by atoms with Crippen molar-refractivity contribution < 1.29 is 13.9 Å². The van der Waals surface area contributed by atoms with E-state index in [4.69, 9.17) is 9.15 Å². The maximum absolute atomic E-state index is 13.6. The zero-order chi connectivity index (χ0) is 19.8. The lowest BCUT2D eigenvalue weighted by Gasteiger charge is -2.23. The first kappa shape index (κ1) is 18.4. The van der Waals surface area contributed by atoms with Gasteiger partial charge in [-0.25, -0.2) is 4.98 Å². The molecule has 3 heterocycles. The summed E-state index contributed by atoms with van der Waals surface area (Å²) >= 11 is 0. The molecule has 1 saturated heterocycles. The van der Waals surface area contributed by atoms with Crippen LogP contribution in [0.3, 0.4) is 0 Å². The number of amides is 1. The number of aromatic nitrogens is 3. The monoisotopic (exact) mass is 381 g/mol. The number of para-hydroxylation sites is 1. The van der Waals surface area contributed by atoms with Gasteiger partial charge in [-0.05, 0) is 12.1 Å². The summed E-state index contributed by atoms with van der Waals surface area (Å²) in [6, 6.07) is 9.19. The van der Waals surface area contributed by atoms with Crippen molar-refractivity contribution in [1.82, 2.24) is 20.1 Å². The fraction of sp³-hybridized carbons (Fsp3) is 0.400. The van der Waals surface area contributed by atoms with Gasteiger partial charge in [0.15, 0.2) is 0 Å². The van der Waals surface area contributed by atoms with Gasteiger partial charge in [0.1, 0.15) is 11.9 Å². The number of fused-ring (bicyclic) bond motifs is 1. The number of pyridine rings is 1. The van der Waals surface area contributed by atoms with Crippen LogP contribution in [0.25, 0.3) is 10.9 Å². The van der Waals surface area contributed by atoms with Gasteiger partial charge in [0.25, 0.3) is 5.91 Å². The number of likely N-dealkylation sites (tertiary alicyclic amines) is 1. The lowest BCUT2D eigenvalue weighted by Crippen LogP contribution is -2.32. The number of aryl methyl sites for hydroxylation is 1. The second kappa shape index (κ2) is 7.20. The molecule has 4 rings (SSSR count). The topological polar surface area (TPSA) is 84.6 Å². The molecule has 0 bridgehead atoms. The Morgan fingerprint density at radius 3 is 2.75 bits per heavy atom. The Hall–Kier alpha value is -3.00. The highest BCUT2D eigenvalue weighted by atomic mass is 16.5. The van der Waals surface area contributed by atoms with E-state index in [1.807, 2.05) is 49.3 Å². The van der Waals surface area contributed by atoms with E-state index < -0.39 is 0 Å². The summed E-state index contributed by atoms with van der Waals surface area (Å²) in [6.07, 6.45) is 0.538. The van der Waals surface area contributed by atoms with Crippen LogP contribution in [0.2, 0.25) is 0 Å². The molecule has 1 aromatic carbocycles. The summed E-state index contributed by atoms with van der Waals surface area (Å²) in [5.41, 5.74) is 1.39. The Labute approximate surface area is 163 Å². The van der Waals surface area contributed by atoms with Crippen LogP contribution in [0.15, 0.2) is 34.7 Å². The first-order valence-corrected chi connectivity index (χ1v) is 9.18. The van der Waals surface area contributed by atoms with Crippen LogP contribution in [0.4, 0.5) is 5.82 Å². The quantitative estimate of drug-likeness (QED) is 0.687. The third-order valence-electron chi connectivity index (χ3n) is 5.07. The number of rotatable bonds is 4. The number of benzene rings is 1. The zero-order valence-corrected chi connectivity index (χ0v) is 16.4. The van der Waals surface area contributed by atoms with Crippen molar-refractivity contribution in [2.24, 2.45) is 0 Å². The van der Waals surface area contributed by atoms with Gasteiger partial charge in [-0.1, -0.05) is 18.2 Å². The first-order chi connectivity index (χ1) is 13.5.